The second kappa shape index (κ2) is 5.54. The molecule has 92 valence electrons. The van der Waals surface area contributed by atoms with Crippen LogP contribution in [0.5, 0.6) is 0 Å². The summed E-state index contributed by atoms with van der Waals surface area (Å²) in [6.45, 7) is 0. The number of nitrogen functional groups attached to an aromatic ring is 1. The first-order chi connectivity index (χ1) is 8.22. The Morgan fingerprint density at radius 1 is 1.53 bits per heavy atom. The van der Waals surface area contributed by atoms with Crippen molar-refractivity contribution in [1.82, 2.24) is 4.98 Å². The summed E-state index contributed by atoms with van der Waals surface area (Å²) in [5, 5.41) is 0. The lowest BCUT2D eigenvalue weighted by atomic mass is 9.92. The van der Waals surface area contributed by atoms with Gasteiger partial charge in [0, 0.05) is 21.8 Å². The van der Waals surface area contributed by atoms with Gasteiger partial charge in [-0.2, -0.15) is 0 Å². The highest BCUT2D eigenvalue weighted by Gasteiger charge is 2.23. The van der Waals surface area contributed by atoms with Crippen LogP contribution in [0.3, 0.4) is 0 Å². The van der Waals surface area contributed by atoms with E-state index in [2.05, 4.69) is 20.9 Å². The number of hydrogen-bond donors (Lipinski definition) is 1. The predicted molar refractivity (Wildman–Crippen MR) is 73.3 cm³/mol. The maximum absolute atomic E-state index is 5.96. The summed E-state index contributed by atoms with van der Waals surface area (Å²) in [7, 11) is 1.68. The summed E-state index contributed by atoms with van der Waals surface area (Å²) >= 11 is 3.44. The summed E-state index contributed by atoms with van der Waals surface area (Å²) in [4.78, 5) is 4.19. The van der Waals surface area contributed by atoms with Crippen LogP contribution < -0.4 is 5.73 Å². The largest absolute Gasteiger partial charge is 0.504 e. The van der Waals surface area contributed by atoms with Crippen molar-refractivity contribution < 1.29 is 4.74 Å². The molecule has 1 aliphatic carbocycles. The van der Waals surface area contributed by atoms with Gasteiger partial charge in [-0.25, -0.2) is 4.98 Å². The molecule has 1 saturated carbocycles. The van der Waals surface area contributed by atoms with E-state index in [1.807, 2.05) is 12.3 Å². The fourth-order valence-corrected chi connectivity index (χ4v) is 2.76. The Hall–Kier alpha value is -1.03. The van der Waals surface area contributed by atoms with Crippen molar-refractivity contribution in [2.24, 2.45) is 5.92 Å². The van der Waals surface area contributed by atoms with E-state index in [0.29, 0.717) is 11.7 Å². The maximum Gasteiger partial charge on any atom is 0.131 e. The van der Waals surface area contributed by atoms with E-state index < -0.39 is 0 Å². The van der Waals surface area contributed by atoms with Crippen LogP contribution in [-0.4, -0.2) is 12.1 Å². The van der Waals surface area contributed by atoms with Gasteiger partial charge in [-0.1, -0.05) is 12.8 Å². The lowest BCUT2D eigenvalue weighted by molar-refractivity contribution is 0.337. The minimum absolute atomic E-state index is 0.549. The van der Waals surface area contributed by atoms with Crippen LogP contribution in [0.4, 0.5) is 5.82 Å². The molecule has 0 atom stereocenters. The van der Waals surface area contributed by atoms with Gasteiger partial charge in [0.1, 0.15) is 5.82 Å². The first-order valence-corrected chi connectivity index (χ1v) is 6.66. The lowest BCUT2D eigenvalue weighted by Gasteiger charge is -2.16. The van der Waals surface area contributed by atoms with Crippen molar-refractivity contribution in [2.45, 2.75) is 25.7 Å². The van der Waals surface area contributed by atoms with E-state index in [-0.39, 0.29) is 0 Å². The van der Waals surface area contributed by atoms with Crippen LogP contribution in [0.1, 0.15) is 31.2 Å². The third kappa shape index (κ3) is 2.80. The number of nitrogens with zero attached hydrogens (tertiary/aromatic N) is 1. The number of aromatic nitrogens is 1. The summed E-state index contributed by atoms with van der Waals surface area (Å²) in [5.41, 5.74) is 8.13. The van der Waals surface area contributed by atoms with Crippen LogP contribution in [0.25, 0.3) is 5.57 Å². The van der Waals surface area contributed by atoms with Crippen LogP contribution in [0.2, 0.25) is 0 Å². The molecule has 0 radical (unpaired) electrons. The number of nitrogens with two attached hydrogens (primary N) is 1. The minimum atomic E-state index is 0.549. The molecule has 0 aliphatic heterocycles. The molecule has 0 saturated heterocycles. The van der Waals surface area contributed by atoms with Crippen molar-refractivity contribution in [3.8, 4) is 0 Å². The number of rotatable bonds is 3. The molecule has 0 bridgehead atoms. The van der Waals surface area contributed by atoms with Gasteiger partial charge >= 0.3 is 0 Å². The minimum Gasteiger partial charge on any atom is -0.504 e. The molecule has 1 aromatic rings. The molecule has 1 aromatic heterocycles. The molecule has 1 heterocycles. The lowest BCUT2D eigenvalue weighted by Crippen LogP contribution is -2.04. The van der Waals surface area contributed by atoms with E-state index in [9.17, 15) is 0 Å². The van der Waals surface area contributed by atoms with Crippen molar-refractivity contribution in [3.63, 3.8) is 0 Å². The van der Waals surface area contributed by atoms with Crippen LogP contribution >= 0.6 is 15.9 Å². The molecule has 2 N–H and O–H groups in total. The zero-order valence-electron chi connectivity index (χ0n) is 9.95. The molecule has 1 fully saturated rings. The molecular weight excluding hydrogens is 280 g/mol. The predicted octanol–water partition coefficient (Wildman–Crippen LogP) is 3.60. The molecule has 0 amide bonds. The fraction of sp³-hybridized carbons (Fsp3) is 0.462. The van der Waals surface area contributed by atoms with E-state index in [1.165, 1.54) is 31.3 Å². The third-order valence-corrected chi connectivity index (χ3v) is 3.67. The average molecular weight is 297 g/mol. The van der Waals surface area contributed by atoms with Gasteiger partial charge in [-0.15, -0.1) is 0 Å². The Morgan fingerprint density at radius 2 is 2.24 bits per heavy atom. The van der Waals surface area contributed by atoms with Gasteiger partial charge in [0.05, 0.1) is 13.4 Å². The highest BCUT2D eigenvalue weighted by atomic mass is 79.9. The molecule has 0 aromatic carbocycles. The van der Waals surface area contributed by atoms with Gasteiger partial charge in [0.2, 0.25) is 0 Å². The van der Waals surface area contributed by atoms with Gasteiger partial charge in [-0.3, -0.25) is 0 Å². The van der Waals surface area contributed by atoms with Gasteiger partial charge in [-0.05, 0) is 40.8 Å². The van der Waals surface area contributed by atoms with Crippen molar-refractivity contribution in [1.29, 1.82) is 0 Å². The van der Waals surface area contributed by atoms with Gasteiger partial charge in [0.25, 0.3) is 0 Å². The van der Waals surface area contributed by atoms with Crippen molar-refractivity contribution >= 4 is 27.3 Å². The molecule has 3 nitrogen and oxygen atoms in total. The standard InChI is InChI=1S/C13H17BrN2O/c1-17-8-12(9-4-2-3-5-9)11-6-10(14)7-16-13(11)15/h6-9H,2-5H2,1H3,(H2,15,16). The zero-order valence-corrected chi connectivity index (χ0v) is 11.5. The highest BCUT2D eigenvalue weighted by molar-refractivity contribution is 9.10. The Kier molecular flexibility index (Phi) is 4.05. The van der Waals surface area contributed by atoms with Crippen LogP contribution in [0.15, 0.2) is 23.0 Å². The topological polar surface area (TPSA) is 48.1 Å². The Balaban J connectivity index is 2.38. The number of halogens is 1. The monoisotopic (exact) mass is 296 g/mol. The van der Waals surface area contributed by atoms with Crippen molar-refractivity contribution in [2.75, 3.05) is 12.8 Å². The number of methoxy groups -OCH3 is 1. The number of ether oxygens (including phenoxy) is 1. The van der Waals surface area contributed by atoms with E-state index >= 15 is 0 Å². The smallest absolute Gasteiger partial charge is 0.131 e. The molecular formula is C13H17BrN2O. The third-order valence-electron chi connectivity index (χ3n) is 3.24. The van der Waals surface area contributed by atoms with Crippen LogP contribution in [-0.2, 0) is 4.74 Å². The Bertz CT molecular complexity index is 425. The quantitative estimate of drug-likeness (QED) is 0.867. The fourth-order valence-electron chi connectivity index (χ4n) is 2.42. The number of hydrogen-bond acceptors (Lipinski definition) is 3. The summed E-state index contributed by atoms with van der Waals surface area (Å²) in [6, 6.07) is 2.02. The van der Waals surface area contributed by atoms with Gasteiger partial charge in [0.15, 0.2) is 0 Å². The zero-order chi connectivity index (χ0) is 12.3. The molecule has 4 heteroatoms. The second-order valence-electron chi connectivity index (χ2n) is 4.38. The van der Waals surface area contributed by atoms with Crippen molar-refractivity contribution in [3.05, 3.63) is 28.6 Å². The van der Waals surface area contributed by atoms with E-state index in [1.54, 1.807) is 13.3 Å². The molecule has 1 aliphatic rings. The number of pyridine rings is 1. The molecule has 0 unspecified atom stereocenters. The SMILES string of the molecule is COC=C(c1cc(Br)cnc1N)C1CCCC1. The number of allylic oxidation sites excluding steroid dienone is 1. The first kappa shape index (κ1) is 12.4. The second-order valence-corrected chi connectivity index (χ2v) is 5.29. The maximum atomic E-state index is 5.96. The summed E-state index contributed by atoms with van der Waals surface area (Å²) < 4.78 is 6.15. The molecule has 0 spiro atoms. The first-order valence-electron chi connectivity index (χ1n) is 5.86. The van der Waals surface area contributed by atoms with Gasteiger partial charge < -0.3 is 10.5 Å². The molecule has 2 rings (SSSR count). The van der Waals surface area contributed by atoms with E-state index in [4.69, 9.17) is 10.5 Å². The highest BCUT2D eigenvalue weighted by Crippen LogP contribution is 2.38. The molecule has 17 heavy (non-hydrogen) atoms. The normalized spacial score (nSPS) is 17.4. The summed E-state index contributed by atoms with van der Waals surface area (Å²) in [6.07, 6.45) is 8.52. The summed E-state index contributed by atoms with van der Waals surface area (Å²) in [5.74, 6) is 1.12. The average Bonchev–Trinajstić information content (AvgIpc) is 2.83. The van der Waals surface area contributed by atoms with Crippen LogP contribution in [0, 0.1) is 5.92 Å². The Morgan fingerprint density at radius 3 is 2.88 bits per heavy atom. The van der Waals surface area contributed by atoms with E-state index in [0.717, 1.165) is 10.0 Å². The Labute approximate surface area is 110 Å². The number of anilines is 1.